The molecule has 0 aliphatic carbocycles. The Morgan fingerprint density at radius 1 is 0.730 bits per heavy atom. The first-order valence-electron chi connectivity index (χ1n) is 11.5. The number of piperidine rings is 1. The van der Waals surface area contributed by atoms with Crippen LogP contribution in [0, 0.1) is 0 Å². The summed E-state index contributed by atoms with van der Waals surface area (Å²) in [5.41, 5.74) is -0.0220. The van der Waals surface area contributed by atoms with Gasteiger partial charge in [-0.1, -0.05) is 0 Å². The molecule has 10 nitrogen and oxygen atoms in total. The van der Waals surface area contributed by atoms with Crippen LogP contribution in [0.2, 0.25) is 0 Å². The second kappa shape index (κ2) is 9.46. The van der Waals surface area contributed by atoms with E-state index in [-0.39, 0.29) is 46.7 Å². The van der Waals surface area contributed by atoms with Gasteiger partial charge in [0.2, 0.25) is 0 Å². The number of hydrogen-bond acceptors (Lipinski definition) is 10. The summed E-state index contributed by atoms with van der Waals surface area (Å²) in [6.07, 6.45) is 1.62. The van der Waals surface area contributed by atoms with Crippen molar-refractivity contribution in [2.75, 3.05) is 18.0 Å². The fraction of sp³-hybridized carbons (Fsp3) is 0.217. The van der Waals surface area contributed by atoms with E-state index in [1.165, 1.54) is 22.7 Å². The van der Waals surface area contributed by atoms with Crippen molar-refractivity contribution < 1.29 is 4.74 Å². The Morgan fingerprint density at radius 3 is 1.89 bits per heavy atom. The molecule has 0 saturated carbocycles. The first-order valence-corrected chi connectivity index (χ1v) is 16.3. The first-order chi connectivity index (χ1) is 18.1. The van der Waals surface area contributed by atoms with Crippen molar-refractivity contribution in [3.63, 3.8) is 0 Å². The van der Waals surface area contributed by atoms with Gasteiger partial charge in [-0.2, -0.15) is 0 Å². The molecule has 0 spiro atoms. The average molecular weight is 661 g/mol. The molecule has 7 rings (SSSR count). The van der Waals surface area contributed by atoms with Gasteiger partial charge in [-0.3, -0.25) is 0 Å². The molecular formula is C23H17N7O3S2Se2. The van der Waals surface area contributed by atoms with Gasteiger partial charge >= 0.3 is 230 Å². The third-order valence-electron chi connectivity index (χ3n) is 6.11. The van der Waals surface area contributed by atoms with Gasteiger partial charge in [0, 0.05) is 0 Å². The molecule has 1 aliphatic heterocycles. The van der Waals surface area contributed by atoms with E-state index in [0.717, 1.165) is 50.4 Å². The Hall–Kier alpha value is -2.86. The number of rotatable bonds is 5. The summed E-state index contributed by atoms with van der Waals surface area (Å²) < 4.78 is 11.7. The molecule has 0 atom stereocenters. The number of nitrogens with zero attached hydrogens (tertiary/aromatic N) is 7. The van der Waals surface area contributed by atoms with Gasteiger partial charge in [0.05, 0.1) is 0 Å². The number of anilines is 1. The summed E-state index contributed by atoms with van der Waals surface area (Å²) in [7, 11) is 0. The quantitative estimate of drug-likeness (QED) is 0.259. The number of benzene rings is 2. The van der Waals surface area contributed by atoms with Crippen LogP contribution in [0.5, 0.6) is 5.19 Å². The zero-order chi connectivity index (χ0) is 24.9. The fourth-order valence-electron chi connectivity index (χ4n) is 4.25. The Kier molecular flexibility index (Phi) is 5.95. The predicted molar refractivity (Wildman–Crippen MR) is 146 cm³/mol. The van der Waals surface area contributed by atoms with Crippen LogP contribution in [0.1, 0.15) is 12.8 Å². The maximum atomic E-state index is 12.8. The SMILES string of the molecule is O=c1c2ccccc2[se]n1-c1nnc(OC2CCN(c3nnc(-n4[se]c5ccccc5c4=O)s3)CC2)s1. The van der Waals surface area contributed by atoms with E-state index in [9.17, 15) is 9.59 Å². The van der Waals surface area contributed by atoms with Crippen molar-refractivity contribution in [2.45, 2.75) is 18.9 Å². The van der Waals surface area contributed by atoms with Gasteiger partial charge in [-0.15, -0.1) is 0 Å². The number of ether oxygens (including phenoxy) is 1. The molecule has 186 valence electrons. The molecule has 1 fully saturated rings. The van der Waals surface area contributed by atoms with E-state index >= 15 is 0 Å². The van der Waals surface area contributed by atoms with Gasteiger partial charge in [-0.05, 0) is 0 Å². The molecule has 6 aromatic rings. The summed E-state index contributed by atoms with van der Waals surface area (Å²) in [4.78, 5) is 27.7. The number of hydrogen-bond donors (Lipinski definition) is 0. The average Bonchev–Trinajstić information content (AvgIpc) is 3.72. The van der Waals surface area contributed by atoms with Gasteiger partial charge in [0.1, 0.15) is 0 Å². The minimum atomic E-state index is -0.139. The van der Waals surface area contributed by atoms with Crippen molar-refractivity contribution in [2.24, 2.45) is 0 Å². The van der Waals surface area contributed by atoms with E-state index in [1.807, 2.05) is 48.5 Å². The maximum absolute atomic E-state index is 12.8. The van der Waals surface area contributed by atoms with Crippen LogP contribution in [0.4, 0.5) is 5.13 Å². The zero-order valence-electron chi connectivity index (χ0n) is 19.0. The normalized spacial score (nSPS) is 14.6. The molecule has 14 heteroatoms. The van der Waals surface area contributed by atoms with Crippen molar-refractivity contribution >= 4 is 76.6 Å². The summed E-state index contributed by atoms with van der Waals surface area (Å²) >= 11 is 2.52. The second-order valence-corrected chi connectivity index (χ2v) is 14.4. The number of aromatic nitrogens is 6. The molecule has 5 heterocycles. The van der Waals surface area contributed by atoms with Gasteiger partial charge in [0.25, 0.3) is 0 Å². The van der Waals surface area contributed by atoms with E-state index in [0.29, 0.717) is 15.5 Å². The molecule has 0 unspecified atom stereocenters. The Balaban J connectivity index is 1.02. The standard InChI is InChI=1S/C23H17N7O3S2Se2/c31-18-14-5-1-3-7-16(14)36-29(18)21-25-24-20(34-21)28-11-9-13(10-12-28)33-23-27-26-22(35-23)30-19(32)15-6-2-4-8-17(15)37-30/h1-8,13H,9-12H2. The van der Waals surface area contributed by atoms with Crippen LogP contribution in [0.25, 0.3) is 29.6 Å². The van der Waals surface area contributed by atoms with Crippen LogP contribution >= 0.6 is 22.7 Å². The van der Waals surface area contributed by atoms with Gasteiger partial charge in [0.15, 0.2) is 0 Å². The van der Waals surface area contributed by atoms with Crippen molar-refractivity contribution in [1.82, 2.24) is 27.5 Å². The van der Waals surface area contributed by atoms with Crippen LogP contribution < -0.4 is 20.8 Å². The fourth-order valence-corrected chi connectivity index (χ4v) is 10.3. The van der Waals surface area contributed by atoms with Crippen LogP contribution in [0.15, 0.2) is 58.1 Å². The van der Waals surface area contributed by atoms with Crippen LogP contribution in [0.3, 0.4) is 0 Å². The topological polar surface area (TPSA) is 108 Å². The van der Waals surface area contributed by atoms with Crippen molar-refractivity contribution in [1.29, 1.82) is 0 Å². The van der Waals surface area contributed by atoms with Crippen LogP contribution in [-0.4, -0.2) is 76.2 Å². The summed E-state index contributed by atoms with van der Waals surface area (Å²) in [6.45, 7) is 1.54. The molecule has 37 heavy (non-hydrogen) atoms. The molecule has 0 radical (unpaired) electrons. The summed E-state index contributed by atoms with van der Waals surface area (Å²) in [6, 6.07) is 15.4. The van der Waals surface area contributed by atoms with Crippen molar-refractivity contribution in [3.8, 4) is 15.5 Å². The second-order valence-electron chi connectivity index (χ2n) is 8.40. The minimum absolute atomic E-state index is 0.00236. The van der Waals surface area contributed by atoms with E-state index in [4.69, 9.17) is 4.74 Å². The summed E-state index contributed by atoms with van der Waals surface area (Å²) in [5, 5.41) is 21.2. The molecule has 0 N–H and O–H groups in total. The molecule has 2 aromatic carbocycles. The number of fused-ring (bicyclic) bond motifs is 2. The molecule has 1 saturated heterocycles. The zero-order valence-corrected chi connectivity index (χ0v) is 24.1. The Labute approximate surface area is 229 Å². The Morgan fingerprint density at radius 2 is 1.27 bits per heavy atom. The molecule has 4 aromatic heterocycles. The third-order valence-corrected chi connectivity index (χ3v) is 12.9. The Bertz CT molecular complexity index is 1860. The molecule has 1 aliphatic rings. The third kappa shape index (κ3) is 4.23. The monoisotopic (exact) mass is 663 g/mol. The first kappa shape index (κ1) is 23.3. The summed E-state index contributed by atoms with van der Waals surface area (Å²) in [5.74, 6) is 0. The van der Waals surface area contributed by atoms with Crippen LogP contribution in [-0.2, 0) is 0 Å². The van der Waals surface area contributed by atoms with Gasteiger partial charge in [-0.25, -0.2) is 0 Å². The van der Waals surface area contributed by atoms with E-state index in [1.54, 1.807) is 7.12 Å². The molecular weight excluding hydrogens is 644 g/mol. The molecule has 0 bridgehead atoms. The van der Waals surface area contributed by atoms with E-state index < -0.39 is 0 Å². The van der Waals surface area contributed by atoms with Crippen molar-refractivity contribution in [3.05, 3.63) is 69.2 Å². The van der Waals surface area contributed by atoms with Gasteiger partial charge < -0.3 is 0 Å². The molecule has 0 amide bonds. The van der Waals surface area contributed by atoms with E-state index in [2.05, 4.69) is 25.3 Å². The predicted octanol–water partition coefficient (Wildman–Crippen LogP) is 2.16.